The van der Waals surface area contributed by atoms with Crippen molar-refractivity contribution in [3.63, 3.8) is 0 Å². The molecule has 0 fully saturated rings. The maximum absolute atomic E-state index is 14.1. The van der Waals surface area contributed by atoms with Crippen LogP contribution in [0.5, 0.6) is 0 Å². The maximum Gasteiger partial charge on any atom is 0.268 e. The van der Waals surface area contributed by atoms with Crippen molar-refractivity contribution >= 4 is 21.7 Å². The minimum Gasteiger partial charge on any atom is -0.384 e. The van der Waals surface area contributed by atoms with E-state index in [9.17, 15) is 13.6 Å². The summed E-state index contributed by atoms with van der Waals surface area (Å²) in [5, 5.41) is 18.1. The van der Waals surface area contributed by atoms with Crippen molar-refractivity contribution in [3.05, 3.63) is 49.7 Å². The Hall–Kier alpha value is -2.71. The Bertz CT molecular complexity index is 870. The van der Waals surface area contributed by atoms with Crippen LogP contribution in [-0.4, -0.2) is 4.98 Å². The predicted molar refractivity (Wildman–Crippen MR) is 74.0 cm³/mol. The topological polar surface area (TPSA) is 106 Å². The molecule has 0 unspecified atom stereocenters. The normalized spacial score (nSPS) is 9.95. The third-order valence-electron chi connectivity index (χ3n) is 2.73. The summed E-state index contributed by atoms with van der Waals surface area (Å²) in [6.45, 7) is 0. The predicted octanol–water partition coefficient (Wildman–Crippen LogP) is 2.41. The second-order valence-corrected chi connectivity index (χ2v) is 4.88. The van der Waals surface area contributed by atoms with Crippen molar-refractivity contribution in [2.75, 3.05) is 5.73 Å². The Morgan fingerprint density at radius 3 is 2.10 bits per heavy atom. The van der Waals surface area contributed by atoms with Gasteiger partial charge in [0.05, 0.1) is 5.56 Å². The van der Waals surface area contributed by atoms with Crippen LogP contribution < -0.4 is 11.3 Å². The third kappa shape index (κ3) is 2.37. The first-order chi connectivity index (χ1) is 9.90. The number of pyridine rings is 1. The van der Waals surface area contributed by atoms with Gasteiger partial charge in [-0.2, -0.15) is 10.5 Å². The number of nitriles is 2. The number of nitrogen functional groups attached to an aromatic ring is 1. The van der Waals surface area contributed by atoms with Crippen LogP contribution >= 0.6 is 15.9 Å². The number of nitrogens with zero attached hydrogens (tertiary/aromatic N) is 2. The number of aromatic amines is 1. The van der Waals surface area contributed by atoms with E-state index in [1.54, 1.807) is 6.07 Å². The quantitative estimate of drug-likeness (QED) is 0.823. The molecule has 0 amide bonds. The fraction of sp³-hybridized carbons (Fsp3) is 0. The van der Waals surface area contributed by atoms with E-state index in [2.05, 4.69) is 20.9 Å². The van der Waals surface area contributed by atoms with E-state index < -0.39 is 33.9 Å². The number of nitrogens with two attached hydrogens (primary N) is 1. The van der Waals surface area contributed by atoms with Gasteiger partial charge in [-0.25, -0.2) is 8.78 Å². The smallest absolute Gasteiger partial charge is 0.268 e. The Kier molecular flexibility index (Phi) is 3.74. The van der Waals surface area contributed by atoms with Crippen LogP contribution in [0.3, 0.4) is 0 Å². The molecular weight excluding hydrogens is 346 g/mol. The Labute approximate surface area is 125 Å². The second kappa shape index (κ2) is 5.35. The number of benzene rings is 1. The Morgan fingerprint density at radius 1 is 1.10 bits per heavy atom. The molecule has 21 heavy (non-hydrogen) atoms. The number of rotatable bonds is 1. The molecule has 0 aliphatic carbocycles. The Balaban J connectivity index is 3.05. The molecule has 0 bridgehead atoms. The molecule has 1 aromatic carbocycles. The zero-order valence-electron chi connectivity index (χ0n) is 10.2. The third-order valence-corrected chi connectivity index (χ3v) is 3.18. The molecule has 0 aliphatic heterocycles. The first-order valence-corrected chi connectivity index (χ1v) is 6.20. The minimum absolute atomic E-state index is 0.135. The van der Waals surface area contributed by atoms with Crippen LogP contribution in [0.4, 0.5) is 14.6 Å². The van der Waals surface area contributed by atoms with Gasteiger partial charge in [0.25, 0.3) is 5.56 Å². The summed E-state index contributed by atoms with van der Waals surface area (Å²) in [4.78, 5) is 13.8. The van der Waals surface area contributed by atoms with Gasteiger partial charge >= 0.3 is 0 Å². The molecule has 0 radical (unpaired) electrons. The highest BCUT2D eigenvalue weighted by atomic mass is 79.9. The first-order valence-electron chi connectivity index (χ1n) is 5.41. The van der Waals surface area contributed by atoms with E-state index in [4.69, 9.17) is 16.3 Å². The number of hydrogen-bond acceptors (Lipinski definition) is 4. The zero-order valence-corrected chi connectivity index (χ0v) is 11.8. The van der Waals surface area contributed by atoms with E-state index in [-0.39, 0.29) is 15.9 Å². The molecule has 3 N–H and O–H groups in total. The molecule has 2 rings (SSSR count). The summed E-state index contributed by atoms with van der Waals surface area (Å²) in [6.07, 6.45) is 0. The van der Waals surface area contributed by atoms with E-state index in [0.717, 1.165) is 12.1 Å². The molecule has 104 valence electrons. The summed E-state index contributed by atoms with van der Waals surface area (Å²) in [7, 11) is 0. The second-order valence-electron chi connectivity index (χ2n) is 3.96. The van der Waals surface area contributed by atoms with Gasteiger partial charge in [-0.1, -0.05) is 15.9 Å². The summed E-state index contributed by atoms with van der Waals surface area (Å²) in [6, 6.07) is 5.09. The lowest BCUT2D eigenvalue weighted by Gasteiger charge is -2.11. The van der Waals surface area contributed by atoms with Crippen LogP contribution in [-0.2, 0) is 0 Å². The molecule has 0 saturated carbocycles. The minimum atomic E-state index is -1.03. The number of nitrogens with one attached hydrogen (secondary N) is 1. The molecule has 2 aromatic rings. The molecule has 8 heteroatoms. The molecule has 1 heterocycles. The van der Waals surface area contributed by atoms with Gasteiger partial charge in [-0.15, -0.1) is 0 Å². The standard InChI is InChI=1S/C13H5BrF2N4O/c14-5-1-8(15)11(9(16)2-5)10-6(3-17)12(19)20-13(21)7(10)4-18/h1-2H,(H3,19,20,21). The molecule has 0 spiro atoms. The highest BCUT2D eigenvalue weighted by Gasteiger charge is 2.24. The largest absolute Gasteiger partial charge is 0.384 e. The molecule has 0 atom stereocenters. The van der Waals surface area contributed by atoms with Crippen molar-refractivity contribution in [1.82, 2.24) is 4.98 Å². The van der Waals surface area contributed by atoms with E-state index in [1.807, 2.05) is 0 Å². The van der Waals surface area contributed by atoms with Crippen LogP contribution in [0, 0.1) is 34.3 Å². The molecule has 0 aliphatic rings. The fourth-order valence-corrected chi connectivity index (χ4v) is 2.28. The van der Waals surface area contributed by atoms with E-state index >= 15 is 0 Å². The lowest BCUT2D eigenvalue weighted by atomic mass is 9.96. The van der Waals surface area contributed by atoms with E-state index in [0.29, 0.717) is 0 Å². The van der Waals surface area contributed by atoms with Crippen molar-refractivity contribution in [2.24, 2.45) is 0 Å². The fourth-order valence-electron chi connectivity index (χ4n) is 1.87. The van der Waals surface area contributed by atoms with Crippen LogP contribution in [0.1, 0.15) is 11.1 Å². The Morgan fingerprint density at radius 2 is 1.62 bits per heavy atom. The van der Waals surface area contributed by atoms with Gasteiger partial charge in [-0.3, -0.25) is 4.79 Å². The molecule has 5 nitrogen and oxygen atoms in total. The van der Waals surface area contributed by atoms with Crippen molar-refractivity contribution in [2.45, 2.75) is 0 Å². The monoisotopic (exact) mass is 350 g/mol. The number of H-pyrrole nitrogens is 1. The van der Waals surface area contributed by atoms with Gasteiger partial charge in [0.2, 0.25) is 0 Å². The average Bonchev–Trinajstić information content (AvgIpc) is 2.37. The zero-order chi connectivity index (χ0) is 15.7. The van der Waals surface area contributed by atoms with Gasteiger partial charge in [-0.05, 0) is 12.1 Å². The number of halogens is 3. The molecule has 0 saturated heterocycles. The van der Waals surface area contributed by atoms with Crippen LogP contribution in [0.15, 0.2) is 21.4 Å². The van der Waals surface area contributed by atoms with Crippen molar-refractivity contribution < 1.29 is 8.78 Å². The van der Waals surface area contributed by atoms with Crippen molar-refractivity contribution in [1.29, 1.82) is 10.5 Å². The lowest BCUT2D eigenvalue weighted by molar-refractivity contribution is 0.588. The maximum atomic E-state index is 14.1. The summed E-state index contributed by atoms with van der Waals surface area (Å²) < 4.78 is 28.2. The number of aromatic nitrogens is 1. The van der Waals surface area contributed by atoms with Crippen LogP contribution in [0.25, 0.3) is 11.1 Å². The highest BCUT2D eigenvalue weighted by molar-refractivity contribution is 9.10. The summed E-state index contributed by atoms with van der Waals surface area (Å²) in [5.41, 5.74) is 2.50. The van der Waals surface area contributed by atoms with Crippen molar-refractivity contribution in [3.8, 4) is 23.3 Å². The SMILES string of the molecule is N#Cc1c(N)[nH]c(=O)c(C#N)c1-c1c(F)cc(Br)cc1F. The van der Waals surface area contributed by atoms with E-state index in [1.165, 1.54) is 6.07 Å². The summed E-state index contributed by atoms with van der Waals surface area (Å²) >= 11 is 2.92. The van der Waals surface area contributed by atoms with Gasteiger partial charge in [0.15, 0.2) is 0 Å². The lowest BCUT2D eigenvalue weighted by Crippen LogP contribution is -2.17. The number of hydrogen-bond donors (Lipinski definition) is 2. The highest BCUT2D eigenvalue weighted by Crippen LogP contribution is 2.33. The summed E-state index contributed by atoms with van der Waals surface area (Å²) in [5.74, 6) is -2.42. The molecule has 1 aromatic heterocycles. The van der Waals surface area contributed by atoms with Crippen LogP contribution in [0.2, 0.25) is 0 Å². The average molecular weight is 351 g/mol. The first kappa shape index (κ1) is 14.7. The van der Waals surface area contributed by atoms with Gasteiger partial charge < -0.3 is 10.7 Å². The van der Waals surface area contributed by atoms with Gasteiger partial charge in [0.1, 0.15) is 40.7 Å². The molecular formula is C13H5BrF2N4O. The number of anilines is 1. The van der Waals surface area contributed by atoms with Gasteiger partial charge in [0, 0.05) is 10.0 Å².